The van der Waals surface area contributed by atoms with Crippen LogP contribution in [0.1, 0.15) is 36.3 Å². The Hall–Kier alpha value is -0.910. The Bertz CT molecular complexity index is 563. The summed E-state index contributed by atoms with van der Waals surface area (Å²) in [5, 5.41) is 15.1. The summed E-state index contributed by atoms with van der Waals surface area (Å²) >= 11 is 1.68. The molecule has 0 aromatic carbocycles. The van der Waals surface area contributed by atoms with Gasteiger partial charge in [0.15, 0.2) is 4.96 Å². The standard InChI is InChI=1S/C13H19N3OS/c1-9-7-18-12-15-10(2)11(16(9)12)6-14-13(8-17)4-3-5-13/h7,14,17H,3-6,8H2,1-2H3. The quantitative estimate of drug-likeness (QED) is 0.889. The van der Waals surface area contributed by atoms with Gasteiger partial charge in [-0.15, -0.1) is 11.3 Å². The van der Waals surface area contributed by atoms with E-state index in [0.717, 1.165) is 30.0 Å². The predicted octanol–water partition coefficient (Wildman–Crippen LogP) is 2.02. The van der Waals surface area contributed by atoms with Gasteiger partial charge < -0.3 is 10.4 Å². The molecular formula is C13H19N3OS. The van der Waals surface area contributed by atoms with Crippen LogP contribution in [0.3, 0.4) is 0 Å². The normalized spacial score (nSPS) is 18.2. The minimum absolute atomic E-state index is 0.0412. The average Bonchev–Trinajstić information content (AvgIpc) is 2.79. The number of aliphatic hydroxyl groups excluding tert-OH is 1. The molecule has 0 spiro atoms. The van der Waals surface area contributed by atoms with Crippen molar-refractivity contribution in [3.8, 4) is 0 Å². The molecule has 0 aliphatic heterocycles. The first-order valence-corrected chi connectivity index (χ1v) is 7.31. The number of aromatic nitrogens is 2. The van der Waals surface area contributed by atoms with Gasteiger partial charge in [0.25, 0.3) is 0 Å². The van der Waals surface area contributed by atoms with Crippen molar-refractivity contribution in [2.24, 2.45) is 0 Å². The van der Waals surface area contributed by atoms with Crippen LogP contribution in [0, 0.1) is 13.8 Å². The monoisotopic (exact) mass is 265 g/mol. The lowest BCUT2D eigenvalue weighted by molar-refractivity contribution is 0.0867. The molecule has 0 unspecified atom stereocenters. The third-order valence-electron chi connectivity index (χ3n) is 4.07. The molecule has 1 aliphatic carbocycles. The van der Waals surface area contributed by atoms with Crippen molar-refractivity contribution in [3.63, 3.8) is 0 Å². The van der Waals surface area contributed by atoms with E-state index in [1.807, 2.05) is 0 Å². The van der Waals surface area contributed by atoms with E-state index in [1.165, 1.54) is 17.8 Å². The molecule has 5 heteroatoms. The number of fused-ring (bicyclic) bond motifs is 1. The Labute approximate surface area is 111 Å². The lowest BCUT2D eigenvalue weighted by Gasteiger charge is -2.41. The van der Waals surface area contributed by atoms with E-state index in [2.05, 4.69) is 33.9 Å². The Morgan fingerprint density at radius 3 is 2.89 bits per heavy atom. The van der Waals surface area contributed by atoms with Gasteiger partial charge in [0.1, 0.15) is 0 Å². The maximum atomic E-state index is 9.48. The third kappa shape index (κ3) is 1.77. The zero-order chi connectivity index (χ0) is 12.8. The summed E-state index contributed by atoms with van der Waals surface area (Å²) in [6, 6.07) is 0. The highest BCUT2D eigenvalue weighted by molar-refractivity contribution is 7.15. The highest BCUT2D eigenvalue weighted by Crippen LogP contribution is 2.32. The Kier molecular flexibility index (Phi) is 2.92. The van der Waals surface area contributed by atoms with Gasteiger partial charge in [0.2, 0.25) is 0 Å². The fourth-order valence-corrected chi connectivity index (χ4v) is 3.57. The summed E-state index contributed by atoms with van der Waals surface area (Å²) < 4.78 is 2.22. The maximum Gasteiger partial charge on any atom is 0.194 e. The summed E-state index contributed by atoms with van der Waals surface area (Å²) in [5.74, 6) is 0. The molecule has 0 atom stereocenters. The van der Waals surface area contributed by atoms with Crippen LogP contribution in [0.25, 0.3) is 4.96 Å². The smallest absolute Gasteiger partial charge is 0.194 e. The molecule has 3 rings (SSSR count). The lowest BCUT2D eigenvalue weighted by atomic mass is 9.77. The van der Waals surface area contributed by atoms with Crippen molar-refractivity contribution in [1.29, 1.82) is 0 Å². The molecule has 2 heterocycles. The average molecular weight is 265 g/mol. The van der Waals surface area contributed by atoms with Crippen molar-refractivity contribution in [2.45, 2.75) is 45.2 Å². The molecule has 0 radical (unpaired) electrons. The summed E-state index contributed by atoms with van der Waals surface area (Å²) in [6.07, 6.45) is 3.37. The van der Waals surface area contributed by atoms with Crippen LogP contribution in [0.15, 0.2) is 5.38 Å². The second kappa shape index (κ2) is 4.33. The van der Waals surface area contributed by atoms with E-state index in [0.29, 0.717) is 0 Å². The first-order valence-electron chi connectivity index (χ1n) is 6.43. The van der Waals surface area contributed by atoms with E-state index in [1.54, 1.807) is 11.3 Å². The highest BCUT2D eigenvalue weighted by atomic mass is 32.1. The third-order valence-corrected chi connectivity index (χ3v) is 5.02. The lowest BCUT2D eigenvalue weighted by Crippen LogP contribution is -2.53. The minimum Gasteiger partial charge on any atom is -0.394 e. The summed E-state index contributed by atoms with van der Waals surface area (Å²) in [6.45, 7) is 5.18. The van der Waals surface area contributed by atoms with Crippen molar-refractivity contribution < 1.29 is 5.11 Å². The molecular weight excluding hydrogens is 246 g/mol. The molecule has 2 aromatic heterocycles. The zero-order valence-corrected chi connectivity index (χ0v) is 11.7. The van der Waals surface area contributed by atoms with Gasteiger partial charge >= 0.3 is 0 Å². The van der Waals surface area contributed by atoms with Gasteiger partial charge in [0, 0.05) is 23.2 Å². The van der Waals surface area contributed by atoms with Crippen LogP contribution in [0.2, 0.25) is 0 Å². The Morgan fingerprint density at radius 1 is 1.50 bits per heavy atom. The molecule has 1 aliphatic rings. The zero-order valence-electron chi connectivity index (χ0n) is 10.9. The van der Waals surface area contributed by atoms with Crippen LogP contribution in [-0.2, 0) is 6.54 Å². The molecule has 4 nitrogen and oxygen atoms in total. The number of thiazole rings is 1. The molecule has 98 valence electrons. The van der Waals surface area contributed by atoms with Gasteiger partial charge in [0.05, 0.1) is 18.0 Å². The van der Waals surface area contributed by atoms with Gasteiger partial charge in [-0.3, -0.25) is 4.40 Å². The largest absolute Gasteiger partial charge is 0.394 e. The maximum absolute atomic E-state index is 9.48. The summed E-state index contributed by atoms with van der Waals surface area (Å²) in [4.78, 5) is 5.65. The van der Waals surface area contributed by atoms with Gasteiger partial charge in [-0.25, -0.2) is 4.98 Å². The fraction of sp³-hybridized carbons (Fsp3) is 0.615. The molecule has 18 heavy (non-hydrogen) atoms. The number of aryl methyl sites for hydroxylation is 2. The van der Waals surface area contributed by atoms with Gasteiger partial charge in [-0.1, -0.05) is 0 Å². The second-order valence-corrected chi connectivity index (χ2v) is 6.12. The van der Waals surface area contributed by atoms with E-state index >= 15 is 0 Å². The number of aliphatic hydroxyl groups is 1. The molecule has 2 aromatic rings. The fourth-order valence-electron chi connectivity index (χ4n) is 2.64. The molecule has 2 N–H and O–H groups in total. The SMILES string of the molecule is Cc1nc2scc(C)n2c1CNC1(CO)CCC1. The van der Waals surface area contributed by atoms with Gasteiger partial charge in [-0.2, -0.15) is 0 Å². The molecule has 1 fully saturated rings. The first kappa shape index (κ1) is 12.1. The van der Waals surface area contributed by atoms with Gasteiger partial charge in [-0.05, 0) is 33.1 Å². The number of hydrogen-bond acceptors (Lipinski definition) is 4. The molecule has 0 bridgehead atoms. The highest BCUT2D eigenvalue weighted by Gasteiger charge is 2.35. The van der Waals surface area contributed by atoms with E-state index in [4.69, 9.17) is 0 Å². The number of hydrogen-bond donors (Lipinski definition) is 2. The van der Waals surface area contributed by atoms with Crippen LogP contribution in [0.5, 0.6) is 0 Å². The number of nitrogens with zero attached hydrogens (tertiary/aromatic N) is 2. The summed E-state index contributed by atoms with van der Waals surface area (Å²) in [7, 11) is 0. The van der Waals surface area contributed by atoms with Crippen LogP contribution < -0.4 is 5.32 Å². The topological polar surface area (TPSA) is 49.6 Å². The van der Waals surface area contributed by atoms with E-state index in [-0.39, 0.29) is 12.1 Å². The Balaban J connectivity index is 1.85. The van der Waals surface area contributed by atoms with Crippen molar-refractivity contribution in [2.75, 3.05) is 6.61 Å². The summed E-state index contributed by atoms with van der Waals surface area (Å²) in [5.41, 5.74) is 3.51. The number of rotatable bonds is 4. The molecule has 0 saturated heterocycles. The number of imidazole rings is 1. The Morgan fingerprint density at radius 2 is 2.28 bits per heavy atom. The second-order valence-electron chi connectivity index (χ2n) is 5.28. The minimum atomic E-state index is -0.0412. The van der Waals surface area contributed by atoms with E-state index < -0.39 is 0 Å². The van der Waals surface area contributed by atoms with Crippen LogP contribution >= 0.6 is 11.3 Å². The van der Waals surface area contributed by atoms with Crippen LogP contribution in [-0.4, -0.2) is 26.6 Å². The number of nitrogens with one attached hydrogen (secondary N) is 1. The predicted molar refractivity (Wildman–Crippen MR) is 73.1 cm³/mol. The van der Waals surface area contributed by atoms with Crippen molar-refractivity contribution in [3.05, 3.63) is 22.5 Å². The molecule has 1 saturated carbocycles. The van der Waals surface area contributed by atoms with E-state index in [9.17, 15) is 5.11 Å². The first-order chi connectivity index (χ1) is 8.65. The van der Waals surface area contributed by atoms with Crippen LogP contribution in [0.4, 0.5) is 0 Å². The molecule has 0 amide bonds. The van der Waals surface area contributed by atoms with Crippen molar-refractivity contribution >= 4 is 16.3 Å². The van der Waals surface area contributed by atoms with Crippen molar-refractivity contribution in [1.82, 2.24) is 14.7 Å².